The SMILES string of the molecule is CCC(=O)N1CCN(c2ccc(NC(=O)c3ccc(OCc4ccccc4)cc3)cc2)CC1. The second kappa shape index (κ2) is 10.7. The first-order valence-electron chi connectivity index (χ1n) is 11.3. The van der Waals surface area contributed by atoms with E-state index in [1.807, 2.05) is 78.6 Å². The second-order valence-corrected chi connectivity index (χ2v) is 8.02. The molecule has 1 aliphatic rings. The van der Waals surface area contributed by atoms with Gasteiger partial charge in [-0.3, -0.25) is 9.59 Å². The van der Waals surface area contributed by atoms with Gasteiger partial charge in [0.2, 0.25) is 5.91 Å². The van der Waals surface area contributed by atoms with Gasteiger partial charge >= 0.3 is 0 Å². The number of carbonyl (C=O) groups is 2. The quantitative estimate of drug-likeness (QED) is 0.581. The van der Waals surface area contributed by atoms with E-state index >= 15 is 0 Å². The van der Waals surface area contributed by atoms with Crippen LogP contribution >= 0.6 is 0 Å². The number of ether oxygens (including phenoxy) is 1. The number of hydrogen-bond donors (Lipinski definition) is 1. The van der Waals surface area contributed by atoms with Gasteiger partial charge in [0, 0.05) is 49.5 Å². The molecule has 6 heteroatoms. The van der Waals surface area contributed by atoms with Gasteiger partial charge in [0.1, 0.15) is 12.4 Å². The molecule has 0 spiro atoms. The summed E-state index contributed by atoms with van der Waals surface area (Å²) < 4.78 is 5.78. The van der Waals surface area contributed by atoms with Gasteiger partial charge in [0.05, 0.1) is 0 Å². The largest absolute Gasteiger partial charge is 0.489 e. The Morgan fingerprint density at radius 2 is 1.52 bits per heavy atom. The van der Waals surface area contributed by atoms with Gasteiger partial charge < -0.3 is 19.9 Å². The van der Waals surface area contributed by atoms with Crippen molar-refractivity contribution in [3.05, 3.63) is 90.0 Å². The van der Waals surface area contributed by atoms with Gasteiger partial charge in [-0.15, -0.1) is 0 Å². The van der Waals surface area contributed by atoms with Crippen LogP contribution in [0.3, 0.4) is 0 Å². The van der Waals surface area contributed by atoms with Crippen LogP contribution in [-0.4, -0.2) is 42.9 Å². The number of nitrogens with zero attached hydrogens (tertiary/aromatic N) is 2. The Kier molecular flexibility index (Phi) is 7.25. The highest BCUT2D eigenvalue weighted by Crippen LogP contribution is 2.21. The van der Waals surface area contributed by atoms with Crippen LogP contribution in [0, 0.1) is 0 Å². The lowest BCUT2D eigenvalue weighted by atomic mass is 10.2. The standard InChI is InChI=1S/C27H29N3O3/c1-2-26(31)30-18-16-29(17-19-30)24-12-10-23(11-13-24)28-27(32)22-8-14-25(15-9-22)33-20-21-6-4-3-5-7-21/h3-15H,2,16-20H2,1H3,(H,28,32). The minimum Gasteiger partial charge on any atom is -0.489 e. The van der Waals surface area contributed by atoms with Gasteiger partial charge in [-0.2, -0.15) is 0 Å². The molecule has 33 heavy (non-hydrogen) atoms. The third kappa shape index (κ3) is 5.92. The zero-order valence-corrected chi connectivity index (χ0v) is 18.9. The van der Waals surface area contributed by atoms with E-state index in [0.29, 0.717) is 18.6 Å². The average molecular weight is 444 g/mol. The van der Waals surface area contributed by atoms with Crippen LogP contribution in [0.15, 0.2) is 78.9 Å². The molecule has 0 radical (unpaired) electrons. The highest BCUT2D eigenvalue weighted by atomic mass is 16.5. The van der Waals surface area contributed by atoms with E-state index < -0.39 is 0 Å². The Labute approximate surface area is 194 Å². The number of amides is 2. The Balaban J connectivity index is 1.28. The fourth-order valence-electron chi connectivity index (χ4n) is 3.84. The Morgan fingerprint density at radius 3 is 2.15 bits per heavy atom. The molecule has 0 bridgehead atoms. The summed E-state index contributed by atoms with van der Waals surface area (Å²) in [6, 6.07) is 24.9. The molecule has 0 aliphatic carbocycles. The molecule has 0 saturated carbocycles. The molecule has 0 aromatic heterocycles. The van der Waals surface area contributed by atoms with Gasteiger partial charge in [0.25, 0.3) is 5.91 Å². The molecule has 0 unspecified atom stereocenters. The maximum Gasteiger partial charge on any atom is 0.255 e. The predicted molar refractivity (Wildman–Crippen MR) is 131 cm³/mol. The van der Waals surface area contributed by atoms with Crippen LogP contribution in [0.5, 0.6) is 5.75 Å². The lowest BCUT2D eigenvalue weighted by molar-refractivity contribution is -0.131. The van der Waals surface area contributed by atoms with E-state index in [0.717, 1.165) is 48.9 Å². The monoisotopic (exact) mass is 443 g/mol. The topological polar surface area (TPSA) is 61.9 Å². The van der Waals surface area contributed by atoms with Gasteiger partial charge in [0.15, 0.2) is 0 Å². The van der Waals surface area contributed by atoms with Crippen LogP contribution in [0.4, 0.5) is 11.4 Å². The zero-order chi connectivity index (χ0) is 23.0. The third-order valence-electron chi connectivity index (χ3n) is 5.79. The molecule has 4 rings (SSSR count). The van der Waals surface area contributed by atoms with Crippen LogP contribution in [-0.2, 0) is 11.4 Å². The zero-order valence-electron chi connectivity index (χ0n) is 18.9. The minimum atomic E-state index is -0.163. The van der Waals surface area contributed by atoms with E-state index in [1.54, 1.807) is 12.1 Å². The molecule has 2 amide bonds. The van der Waals surface area contributed by atoms with Crippen LogP contribution < -0.4 is 15.0 Å². The van der Waals surface area contributed by atoms with Crippen LogP contribution in [0.25, 0.3) is 0 Å². The fourth-order valence-corrected chi connectivity index (χ4v) is 3.84. The molecule has 1 aliphatic heterocycles. The molecule has 3 aromatic carbocycles. The highest BCUT2D eigenvalue weighted by Gasteiger charge is 2.20. The summed E-state index contributed by atoms with van der Waals surface area (Å²) >= 11 is 0. The summed E-state index contributed by atoms with van der Waals surface area (Å²) in [7, 11) is 0. The van der Waals surface area contributed by atoms with Crippen molar-refractivity contribution in [2.24, 2.45) is 0 Å². The number of piperazine rings is 1. The number of rotatable bonds is 7. The van der Waals surface area contributed by atoms with Gasteiger partial charge in [-0.1, -0.05) is 37.3 Å². The molecular weight excluding hydrogens is 414 g/mol. The molecule has 0 atom stereocenters. The lowest BCUT2D eigenvalue weighted by Gasteiger charge is -2.36. The summed E-state index contributed by atoms with van der Waals surface area (Å²) in [6.45, 7) is 5.51. The van der Waals surface area contributed by atoms with Crippen molar-refractivity contribution in [1.82, 2.24) is 4.90 Å². The Hall–Kier alpha value is -3.80. The van der Waals surface area contributed by atoms with Crippen molar-refractivity contribution in [1.29, 1.82) is 0 Å². The number of hydrogen-bond acceptors (Lipinski definition) is 4. The van der Waals surface area contributed by atoms with E-state index in [2.05, 4.69) is 10.2 Å². The van der Waals surface area contributed by atoms with Crippen molar-refractivity contribution >= 4 is 23.2 Å². The van der Waals surface area contributed by atoms with Gasteiger partial charge in [-0.25, -0.2) is 0 Å². The van der Waals surface area contributed by atoms with Crippen LogP contribution in [0.2, 0.25) is 0 Å². The number of carbonyl (C=O) groups excluding carboxylic acids is 2. The van der Waals surface area contributed by atoms with Crippen molar-refractivity contribution in [2.45, 2.75) is 20.0 Å². The van der Waals surface area contributed by atoms with E-state index in [4.69, 9.17) is 4.74 Å². The lowest BCUT2D eigenvalue weighted by Crippen LogP contribution is -2.48. The Morgan fingerprint density at radius 1 is 0.848 bits per heavy atom. The summed E-state index contributed by atoms with van der Waals surface area (Å²) in [5, 5.41) is 2.94. The average Bonchev–Trinajstić information content (AvgIpc) is 2.88. The first-order chi connectivity index (χ1) is 16.1. The Bertz CT molecular complexity index is 1060. The third-order valence-corrected chi connectivity index (χ3v) is 5.79. The van der Waals surface area contributed by atoms with Crippen LogP contribution in [0.1, 0.15) is 29.3 Å². The molecular formula is C27H29N3O3. The van der Waals surface area contributed by atoms with Gasteiger partial charge in [-0.05, 0) is 54.1 Å². The summed E-state index contributed by atoms with van der Waals surface area (Å²) in [5.74, 6) is 0.771. The minimum absolute atomic E-state index is 0.163. The highest BCUT2D eigenvalue weighted by molar-refractivity contribution is 6.04. The second-order valence-electron chi connectivity index (χ2n) is 8.02. The van der Waals surface area contributed by atoms with E-state index in [-0.39, 0.29) is 11.8 Å². The molecule has 1 saturated heterocycles. The molecule has 1 N–H and O–H groups in total. The molecule has 1 fully saturated rings. The first kappa shape index (κ1) is 22.4. The molecule has 1 heterocycles. The number of anilines is 2. The number of benzene rings is 3. The van der Waals surface area contributed by atoms with Crippen molar-refractivity contribution < 1.29 is 14.3 Å². The van der Waals surface area contributed by atoms with Crippen molar-refractivity contribution in [2.75, 3.05) is 36.4 Å². The maximum absolute atomic E-state index is 12.6. The normalized spacial score (nSPS) is 13.5. The summed E-state index contributed by atoms with van der Waals surface area (Å²) in [5.41, 5.74) is 3.51. The first-order valence-corrected chi connectivity index (χ1v) is 11.3. The van der Waals surface area contributed by atoms with E-state index in [9.17, 15) is 9.59 Å². The fraction of sp³-hybridized carbons (Fsp3) is 0.259. The summed E-state index contributed by atoms with van der Waals surface area (Å²) in [4.78, 5) is 28.6. The predicted octanol–water partition coefficient (Wildman–Crippen LogP) is 4.58. The smallest absolute Gasteiger partial charge is 0.255 e. The van der Waals surface area contributed by atoms with Crippen molar-refractivity contribution in [3.63, 3.8) is 0 Å². The van der Waals surface area contributed by atoms with E-state index in [1.165, 1.54) is 0 Å². The molecule has 170 valence electrons. The molecule has 6 nitrogen and oxygen atoms in total. The van der Waals surface area contributed by atoms with Crippen molar-refractivity contribution in [3.8, 4) is 5.75 Å². The molecule has 3 aromatic rings. The summed E-state index contributed by atoms with van der Waals surface area (Å²) in [6.07, 6.45) is 0.553. The maximum atomic E-state index is 12.6. The number of nitrogens with one attached hydrogen (secondary N) is 1.